The first-order valence-corrected chi connectivity index (χ1v) is 11.2. The third-order valence-electron chi connectivity index (χ3n) is 4.19. The quantitative estimate of drug-likeness (QED) is 0.202. The fourth-order valence-corrected chi connectivity index (χ4v) is 3.74. The molecule has 0 saturated heterocycles. The Hall–Kier alpha value is -2.71. The second-order valence-electron chi connectivity index (χ2n) is 6.42. The van der Waals surface area contributed by atoms with Gasteiger partial charge in [-0.2, -0.15) is 5.10 Å². The fraction of sp³-hybridized carbons (Fsp3) is 0.182. The Morgan fingerprint density at radius 1 is 1.13 bits per heavy atom. The predicted octanol–water partition coefficient (Wildman–Crippen LogP) is 4.25. The van der Waals surface area contributed by atoms with E-state index in [1.54, 1.807) is 6.21 Å². The fourth-order valence-electron chi connectivity index (χ4n) is 2.71. The number of carbonyl (C=O) groups is 1. The standard InChI is InChI=1S/C22H22BrN5OS/c1-2-14-28-20(13-10-17-6-4-3-5-7-17)25-27-22(28)30-16-21(29)26-24-15-18-8-11-19(23)12-9-18/h2-9,11-12,15H,1,10,13-14,16H2,(H,26,29)/b24-15-. The second-order valence-corrected chi connectivity index (χ2v) is 8.28. The van der Waals surface area contributed by atoms with Crippen molar-refractivity contribution < 1.29 is 4.79 Å². The van der Waals surface area contributed by atoms with Gasteiger partial charge in [-0.3, -0.25) is 4.79 Å². The van der Waals surface area contributed by atoms with Crippen molar-refractivity contribution in [2.75, 3.05) is 5.75 Å². The molecule has 30 heavy (non-hydrogen) atoms. The van der Waals surface area contributed by atoms with Crippen molar-refractivity contribution in [3.8, 4) is 0 Å². The second kappa shape index (κ2) is 11.5. The molecule has 0 aliphatic carbocycles. The molecule has 0 bridgehead atoms. The number of aromatic nitrogens is 3. The maximum Gasteiger partial charge on any atom is 0.250 e. The lowest BCUT2D eigenvalue weighted by Crippen LogP contribution is -2.20. The number of nitrogens with one attached hydrogen (secondary N) is 1. The van der Waals surface area contributed by atoms with E-state index < -0.39 is 0 Å². The van der Waals surface area contributed by atoms with Crippen LogP contribution >= 0.6 is 27.7 Å². The Kier molecular flexibility index (Phi) is 8.41. The normalized spacial score (nSPS) is 11.0. The minimum atomic E-state index is -0.202. The van der Waals surface area contributed by atoms with Crippen LogP contribution in [0.3, 0.4) is 0 Å². The van der Waals surface area contributed by atoms with Crippen molar-refractivity contribution in [2.45, 2.75) is 24.5 Å². The molecule has 154 valence electrons. The van der Waals surface area contributed by atoms with Crippen molar-refractivity contribution >= 4 is 39.8 Å². The average Bonchev–Trinajstić information content (AvgIpc) is 3.15. The summed E-state index contributed by atoms with van der Waals surface area (Å²) in [6.45, 7) is 4.42. The smallest absolute Gasteiger partial charge is 0.250 e. The summed E-state index contributed by atoms with van der Waals surface area (Å²) in [6.07, 6.45) is 5.07. The molecule has 0 saturated carbocycles. The zero-order valence-corrected chi connectivity index (χ0v) is 18.8. The highest BCUT2D eigenvalue weighted by atomic mass is 79.9. The molecule has 1 N–H and O–H groups in total. The molecule has 1 amide bonds. The number of hydrazone groups is 1. The van der Waals surface area contributed by atoms with E-state index in [1.165, 1.54) is 17.3 Å². The summed E-state index contributed by atoms with van der Waals surface area (Å²) in [7, 11) is 0. The van der Waals surface area contributed by atoms with E-state index in [2.05, 4.69) is 55.4 Å². The number of rotatable bonds is 10. The zero-order valence-electron chi connectivity index (χ0n) is 16.4. The Morgan fingerprint density at radius 2 is 1.90 bits per heavy atom. The minimum absolute atomic E-state index is 0.200. The molecule has 3 rings (SSSR count). The van der Waals surface area contributed by atoms with Gasteiger partial charge in [0.1, 0.15) is 5.82 Å². The zero-order chi connectivity index (χ0) is 21.2. The monoisotopic (exact) mass is 483 g/mol. The highest BCUT2D eigenvalue weighted by Gasteiger charge is 2.13. The summed E-state index contributed by atoms with van der Waals surface area (Å²) in [5.41, 5.74) is 4.70. The highest BCUT2D eigenvalue weighted by Crippen LogP contribution is 2.18. The van der Waals surface area contributed by atoms with E-state index >= 15 is 0 Å². The van der Waals surface area contributed by atoms with Crippen molar-refractivity contribution in [3.05, 3.63) is 88.7 Å². The first-order valence-electron chi connectivity index (χ1n) is 9.43. The summed E-state index contributed by atoms with van der Waals surface area (Å²) in [5, 5.41) is 13.3. The van der Waals surface area contributed by atoms with Gasteiger partial charge in [-0.15, -0.1) is 16.8 Å². The third kappa shape index (κ3) is 6.67. The number of nitrogens with zero attached hydrogens (tertiary/aromatic N) is 4. The molecule has 6 nitrogen and oxygen atoms in total. The summed E-state index contributed by atoms with van der Waals surface area (Å²) in [5.74, 6) is 0.883. The molecule has 1 heterocycles. The number of thioether (sulfide) groups is 1. The van der Waals surface area contributed by atoms with Gasteiger partial charge in [-0.1, -0.05) is 76.2 Å². The molecule has 0 spiro atoms. The van der Waals surface area contributed by atoms with Gasteiger partial charge in [0.2, 0.25) is 0 Å². The number of benzene rings is 2. The van der Waals surface area contributed by atoms with Crippen LogP contribution < -0.4 is 5.43 Å². The number of halogens is 1. The topological polar surface area (TPSA) is 72.2 Å². The van der Waals surface area contributed by atoms with Crippen LogP contribution in [0.25, 0.3) is 0 Å². The molecule has 0 fully saturated rings. The van der Waals surface area contributed by atoms with Gasteiger partial charge in [0, 0.05) is 17.4 Å². The number of allylic oxidation sites excluding steroid dienone is 1. The molecule has 2 aromatic carbocycles. The lowest BCUT2D eigenvalue weighted by molar-refractivity contribution is -0.118. The third-order valence-corrected chi connectivity index (χ3v) is 5.69. The number of carbonyl (C=O) groups excluding carboxylic acids is 1. The van der Waals surface area contributed by atoms with Crippen LogP contribution in [0.1, 0.15) is 17.0 Å². The number of aryl methyl sites for hydroxylation is 2. The SMILES string of the molecule is C=CCn1c(CCc2ccccc2)nnc1SCC(=O)N/N=C\c1ccc(Br)cc1. The van der Waals surface area contributed by atoms with Gasteiger partial charge in [-0.05, 0) is 29.7 Å². The summed E-state index contributed by atoms with van der Waals surface area (Å²) >= 11 is 4.72. The van der Waals surface area contributed by atoms with Crippen LogP contribution in [0.15, 0.2) is 82.0 Å². The molecule has 0 aliphatic rings. The molecule has 3 aromatic rings. The number of amides is 1. The number of hydrogen-bond acceptors (Lipinski definition) is 5. The van der Waals surface area contributed by atoms with E-state index in [0.29, 0.717) is 11.7 Å². The van der Waals surface area contributed by atoms with E-state index in [4.69, 9.17) is 0 Å². The lowest BCUT2D eigenvalue weighted by atomic mass is 10.1. The first-order chi connectivity index (χ1) is 14.7. The van der Waals surface area contributed by atoms with Crippen molar-refractivity contribution in [1.29, 1.82) is 0 Å². The molecule has 1 aromatic heterocycles. The summed E-state index contributed by atoms with van der Waals surface area (Å²) in [6, 6.07) is 17.9. The molecule has 0 atom stereocenters. The van der Waals surface area contributed by atoms with Crippen LogP contribution in [0.5, 0.6) is 0 Å². The highest BCUT2D eigenvalue weighted by molar-refractivity contribution is 9.10. The Balaban J connectivity index is 1.53. The van der Waals surface area contributed by atoms with Gasteiger partial charge in [-0.25, -0.2) is 5.43 Å². The van der Waals surface area contributed by atoms with Crippen LogP contribution in [-0.2, 0) is 24.2 Å². The summed E-state index contributed by atoms with van der Waals surface area (Å²) in [4.78, 5) is 12.1. The van der Waals surface area contributed by atoms with Crippen molar-refractivity contribution in [1.82, 2.24) is 20.2 Å². The van der Waals surface area contributed by atoms with Gasteiger partial charge < -0.3 is 4.57 Å². The molecular weight excluding hydrogens is 462 g/mol. The summed E-state index contributed by atoms with van der Waals surface area (Å²) < 4.78 is 2.99. The lowest BCUT2D eigenvalue weighted by Gasteiger charge is -2.07. The van der Waals surface area contributed by atoms with Crippen LogP contribution in [0.2, 0.25) is 0 Å². The average molecular weight is 484 g/mol. The van der Waals surface area contributed by atoms with Gasteiger partial charge in [0.05, 0.1) is 12.0 Å². The Labute approximate surface area is 188 Å². The van der Waals surface area contributed by atoms with Gasteiger partial charge in [0.15, 0.2) is 5.16 Å². The minimum Gasteiger partial charge on any atom is -0.302 e. The molecular formula is C22H22BrN5OS. The maximum atomic E-state index is 12.1. The van der Waals surface area contributed by atoms with Crippen LogP contribution in [-0.4, -0.2) is 32.6 Å². The molecule has 8 heteroatoms. The predicted molar refractivity (Wildman–Crippen MR) is 125 cm³/mol. The molecule has 0 unspecified atom stereocenters. The van der Waals surface area contributed by atoms with E-state index in [9.17, 15) is 4.79 Å². The van der Waals surface area contributed by atoms with Gasteiger partial charge in [0.25, 0.3) is 5.91 Å². The first kappa shape index (κ1) is 22.0. The van der Waals surface area contributed by atoms with Crippen molar-refractivity contribution in [2.24, 2.45) is 5.10 Å². The maximum absolute atomic E-state index is 12.1. The van der Waals surface area contributed by atoms with Gasteiger partial charge >= 0.3 is 0 Å². The molecule has 0 aliphatic heterocycles. The number of hydrogen-bond donors (Lipinski definition) is 1. The van der Waals surface area contributed by atoms with E-state index in [0.717, 1.165) is 28.7 Å². The van der Waals surface area contributed by atoms with Crippen LogP contribution in [0, 0.1) is 0 Å². The van der Waals surface area contributed by atoms with Crippen LogP contribution in [0.4, 0.5) is 0 Å². The van der Waals surface area contributed by atoms with E-state index in [1.807, 2.05) is 53.1 Å². The van der Waals surface area contributed by atoms with E-state index in [-0.39, 0.29) is 11.7 Å². The molecule has 0 radical (unpaired) electrons. The Bertz CT molecular complexity index is 1000. The Morgan fingerprint density at radius 3 is 2.63 bits per heavy atom. The largest absolute Gasteiger partial charge is 0.302 e. The van der Waals surface area contributed by atoms with Crippen molar-refractivity contribution in [3.63, 3.8) is 0 Å².